The van der Waals surface area contributed by atoms with Crippen molar-refractivity contribution in [1.29, 1.82) is 0 Å². The third-order valence-corrected chi connectivity index (χ3v) is 3.30. The lowest BCUT2D eigenvalue weighted by atomic mass is 10.1. The predicted octanol–water partition coefficient (Wildman–Crippen LogP) is 3.83. The van der Waals surface area contributed by atoms with Crippen LogP contribution >= 0.6 is 0 Å². The number of benzene rings is 1. The van der Waals surface area contributed by atoms with Crippen molar-refractivity contribution in [3.05, 3.63) is 24.0 Å². The van der Waals surface area contributed by atoms with E-state index in [2.05, 4.69) is 5.32 Å². The van der Waals surface area contributed by atoms with Crippen molar-refractivity contribution in [3.63, 3.8) is 0 Å². The van der Waals surface area contributed by atoms with Gasteiger partial charge in [0.15, 0.2) is 11.6 Å². The van der Waals surface area contributed by atoms with E-state index < -0.39 is 0 Å². The molecule has 0 spiro atoms. The summed E-state index contributed by atoms with van der Waals surface area (Å²) in [5.41, 5.74) is 0.845. The van der Waals surface area contributed by atoms with Gasteiger partial charge >= 0.3 is 0 Å². The zero-order chi connectivity index (χ0) is 12.1. The highest BCUT2D eigenvalue weighted by atomic mass is 19.1. The van der Waals surface area contributed by atoms with Crippen LogP contribution in [0.5, 0.6) is 5.75 Å². The summed E-state index contributed by atoms with van der Waals surface area (Å²) in [6.07, 6.45) is 5.27. The molecule has 1 aliphatic rings. The Morgan fingerprint density at radius 3 is 2.76 bits per heavy atom. The van der Waals surface area contributed by atoms with Gasteiger partial charge < -0.3 is 10.1 Å². The Bertz CT molecular complexity index is 361. The van der Waals surface area contributed by atoms with Crippen LogP contribution in [-0.2, 0) is 0 Å². The highest BCUT2D eigenvalue weighted by molar-refractivity contribution is 5.47. The molecule has 0 aromatic heterocycles. The minimum Gasteiger partial charge on any atom is -0.491 e. The third kappa shape index (κ3) is 3.35. The molecule has 0 radical (unpaired) electrons. The summed E-state index contributed by atoms with van der Waals surface area (Å²) in [7, 11) is 0. The van der Waals surface area contributed by atoms with Crippen LogP contribution in [0.3, 0.4) is 0 Å². The maximum absolute atomic E-state index is 13.6. The number of hydrogen-bond acceptors (Lipinski definition) is 2. The molecule has 1 aliphatic carbocycles. The molecule has 1 fully saturated rings. The quantitative estimate of drug-likeness (QED) is 0.840. The number of ether oxygens (including phenoxy) is 1. The Balaban J connectivity index is 1.90. The monoisotopic (exact) mass is 237 g/mol. The van der Waals surface area contributed by atoms with Crippen LogP contribution in [-0.4, -0.2) is 13.2 Å². The molecule has 94 valence electrons. The summed E-state index contributed by atoms with van der Waals surface area (Å²) < 4.78 is 18.7. The second kappa shape index (κ2) is 5.89. The molecule has 17 heavy (non-hydrogen) atoms. The minimum absolute atomic E-state index is 0.289. The normalized spacial score (nSPS) is 16.1. The van der Waals surface area contributed by atoms with Gasteiger partial charge in [0, 0.05) is 18.3 Å². The van der Waals surface area contributed by atoms with Crippen molar-refractivity contribution in [3.8, 4) is 5.75 Å². The molecule has 0 saturated heterocycles. The van der Waals surface area contributed by atoms with Gasteiger partial charge in [0.2, 0.25) is 0 Å². The number of anilines is 1. The first-order valence-electron chi connectivity index (χ1n) is 6.46. The van der Waals surface area contributed by atoms with Gasteiger partial charge in [0.1, 0.15) is 0 Å². The largest absolute Gasteiger partial charge is 0.491 e. The summed E-state index contributed by atoms with van der Waals surface area (Å²) in [5.74, 6) is 0.798. The van der Waals surface area contributed by atoms with Crippen LogP contribution in [0, 0.1) is 11.7 Å². The van der Waals surface area contributed by atoms with Gasteiger partial charge in [0.25, 0.3) is 0 Å². The zero-order valence-electron chi connectivity index (χ0n) is 10.3. The summed E-state index contributed by atoms with van der Waals surface area (Å²) in [6.45, 7) is 3.30. The first-order chi connectivity index (χ1) is 8.29. The molecule has 1 N–H and O–H groups in total. The lowest BCUT2D eigenvalue weighted by molar-refractivity contribution is 0.321. The molecule has 0 unspecified atom stereocenters. The van der Waals surface area contributed by atoms with Gasteiger partial charge in [-0.3, -0.25) is 0 Å². The van der Waals surface area contributed by atoms with Gasteiger partial charge in [0.05, 0.1) is 6.61 Å². The van der Waals surface area contributed by atoms with E-state index >= 15 is 0 Å². The molecule has 0 atom stereocenters. The van der Waals surface area contributed by atoms with Gasteiger partial charge in [-0.25, -0.2) is 4.39 Å². The average Bonchev–Trinajstić information content (AvgIpc) is 2.83. The summed E-state index contributed by atoms with van der Waals surface area (Å²) >= 11 is 0. The summed E-state index contributed by atoms with van der Waals surface area (Å²) in [5, 5.41) is 3.30. The first kappa shape index (κ1) is 12.2. The van der Waals surface area contributed by atoms with Crippen LogP contribution in [0.1, 0.15) is 32.6 Å². The van der Waals surface area contributed by atoms with E-state index in [4.69, 9.17) is 4.74 Å². The Morgan fingerprint density at radius 2 is 2.12 bits per heavy atom. The Hall–Kier alpha value is -1.25. The highest BCUT2D eigenvalue weighted by Crippen LogP contribution is 2.26. The molecule has 2 nitrogen and oxygen atoms in total. The van der Waals surface area contributed by atoms with E-state index in [0.29, 0.717) is 12.4 Å². The average molecular weight is 237 g/mol. The maximum Gasteiger partial charge on any atom is 0.167 e. The summed E-state index contributed by atoms with van der Waals surface area (Å²) in [4.78, 5) is 0. The third-order valence-electron chi connectivity index (χ3n) is 3.30. The molecule has 0 bridgehead atoms. The topological polar surface area (TPSA) is 21.3 Å². The Morgan fingerprint density at radius 1 is 1.35 bits per heavy atom. The predicted molar refractivity (Wildman–Crippen MR) is 68.0 cm³/mol. The molecular weight excluding hydrogens is 217 g/mol. The van der Waals surface area contributed by atoms with Gasteiger partial charge in [-0.1, -0.05) is 12.8 Å². The lowest BCUT2D eigenvalue weighted by Gasteiger charge is -2.12. The van der Waals surface area contributed by atoms with Crippen molar-refractivity contribution in [2.75, 3.05) is 18.5 Å². The number of nitrogens with one attached hydrogen (secondary N) is 1. The van der Waals surface area contributed by atoms with E-state index in [9.17, 15) is 4.39 Å². The molecule has 2 rings (SSSR count). The van der Waals surface area contributed by atoms with E-state index in [-0.39, 0.29) is 5.82 Å². The summed E-state index contributed by atoms with van der Waals surface area (Å²) in [6, 6.07) is 5.08. The van der Waals surface area contributed by atoms with E-state index in [1.807, 2.05) is 13.0 Å². The van der Waals surface area contributed by atoms with E-state index in [1.54, 1.807) is 6.07 Å². The van der Waals surface area contributed by atoms with Crippen molar-refractivity contribution in [2.45, 2.75) is 32.6 Å². The van der Waals surface area contributed by atoms with Crippen molar-refractivity contribution in [1.82, 2.24) is 0 Å². The van der Waals surface area contributed by atoms with E-state index in [0.717, 1.165) is 18.2 Å². The second-order valence-electron chi connectivity index (χ2n) is 4.61. The van der Waals surface area contributed by atoms with Crippen LogP contribution in [0.2, 0.25) is 0 Å². The van der Waals surface area contributed by atoms with Crippen LogP contribution < -0.4 is 10.1 Å². The van der Waals surface area contributed by atoms with Gasteiger partial charge in [-0.15, -0.1) is 0 Å². The smallest absolute Gasteiger partial charge is 0.167 e. The molecular formula is C14H20FNO. The van der Waals surface area contributed by atoms with Crippen LogP contribution in [0.25, 0.3) is 0 Å². The van der Waals surface area contributed by atoms with Crippen molar-refractivity contribution >= 4 is 5.69 Å². The highest BCUT2D eigenvalue weighted by Gasteiger charge is 2.14. The fourth-order valence-electron chi connectivity index (χ4n) is 2.36. The Labute approximate surface area is 102 Å². The first-order valence-corrected chi connectivity index (χ1v) is 6.46. The minimum atomic E-state index is -0.289. The number of rotatable bonds is 5. The molecule has 1 aromatic rings. The molecule has 1 saturated carbocycles. The molecule has 0 heterocycles. The van der Waals surface area contributed by atoms with Gasteiger partial charge in [-0.2, -0.15) is 0 Å². The fourth-order valence-corrected chi connectivity index (χ4v) is 2.36. The van der Waals surface area contributed by atoms with E-state index in [1.165, 1.54) is 31.7 Å². The molecule has 3 heteroatoms. The van der Waals surface area contributed by atoms with Crippen molar-refractivity contribution < 1.29 is 9.13 Å². The SMILES string of the molecule is CCOc1ccc(NCC2CCCC2)cc1F. The molecule has 0 amide bonds. The lowest BCUT2D eigenvalue weighted by Crippen LogP contribution is -2.11. The number of hydrogen-bond donors (Lipinski definition) is 1. The van der Waals surface area contributed by atoms with Crippen LogP contribution in [0.4, 0.5) is 10.1 Å². The molecule has 0 aliphatic heterocycles. The Kier molecular flexibility index (Phi) is 4.24. The van der Waals surface area contributed by atoms with Crippen LogP contribution in [0.15, 0.2) is 18.2 Å². The van der Waals surface area contributed by atoms with Gasteiger partial charge in [-0.05, 0) is 37.8 Å². The zero-order valence-corrected chi connectivity index (χ0v) is 10.3. The standard InChI is InChI=1S/C14H20FNO/c1-2-17-14-8-7-12(9-13(14)15)16-10-11-5-3-4-6-11/h7-9,11,16H,2-6,10H2,1H3. The molecule has 1 aromatic carbocycles. The fraction of sp³-hybridized carbons (Fsp3) is 0.571. The maximum atomic E-state index is 13.6. The van der Waals surface area contributed by atoms with Crippen molar-refractivity contribution in [2.24, 2.45) is 5.92 Å². The number of halogens is 1. The second-order valence-corrected chi connectivity index (χ2v) is 4.61.